The molecule has 1 atom stereocenters. The molecule has 4 N–H and O–H groups in total. The van der Waals surface area contributed by atoms with Gasteiger partial charge in [-0.05, 0) is 49.4 Å². The van der Waals surface area contributed by atoms with Crippen LogP contribution < -0.4 is 20.7 Å². The fraction of sp³-hybridized carbons (Fsp3) is 0.406. The molecule has 250 valence electrons. The number of piperidine rings is 1. The number of nitrogens with two attached hydrogens (primary N) is 1. The third kappa shape index (κ3) is 7.32. The summed E-state index contributed by atoms with van der Waals surface area (Å²) >= 11 is 0. The summed E-state index contributed by atoms with van der Waals surface area (Å²) in [6.07, 6.45) is -0.453. The summed E-state index contributed by atoms with van der Waals surface area (Å²) in [5.74, 6) is -4.52. The number of aromatic nitrogens is 3. The number of piperazine rings is 1. The fourth-order valence-electron chi connectivity index (χ4n) is 5.80. The number of amides is 1. The second kappa shape index (κ2) is 13.8. The standard InChI is InChI=1S/C32H35F2N11O3/c1-20(36)40-28(37)30(46)45-9-8-27(32(33,34)18-45)48-26-7-2-21(14-22(26)15-35)29-38-19-39-31(42-29)41-23-3-5-24(6-4-23)43-10-12-44(13-11-43)25-16-47-17-25/h2-7,14,19,25,27H,8-13,16-18H2,1H3,(H3,36,37,40)(H,38,39,41,42). The number of likely N-dealkylation sites (tertiary alicyclic amines) is 1. The molecule has 0 radical (unpaired) electrons. The molecular formula is C32H35F2N11O3. The van der Waals surface area contributed by atoms with Crippen LogP contribution >= 0.6 is 0 Å². The van der Waals surface area contributed by atoms with Crippen LogP contribution in [0.4, 0.5) is 26.1 Å². The summed E-state index contributed by atoms with van der Waals surface area (Å²) in [6, 6.07) is 15.0. The zero-order chi connectivity index (χ0) is 33.8. The maximum atomic E-state index is 15.1. The second-order valence-corrected chi connectivity index (χ2v) is 11.8. The van der Waals surface area contributed by atoms with Crippen molar-refractivity contribution in [2.24, 2.45) is 10.7 Å². The van der Waals surface area contributed by atoms with E-state index in [2.05, 4.69) is 47.2 Å². The van der Waals surface area contributed by atoms with Crippen LogP contribution in [0, 0.1) is 16.7 Å². The van der Waals surface area contributed by atoms with Crippen LogP contribution in [-0.4, -0.2) is 113 Å². The largest absolute Gasteiger partial charge is 0.483 e. The first kappa shape index (κ1) is 32.7. The monoisotopic (exact) mass is 659 g/mol. The molecule has 3 saturated heterocycles. The Balaban J connectivity index is 1.08. The molecule has 3 aliphatic heterocycles. The first-order valence-electron chi connectivity index (χ1n) is 15.5. The summed E-state index contributed by atoms with van der Waals surface area (Å²) in [5, 5.41) is 20.3. The van der Waals surface area contributed by atoms with E-state index in [1.54, 1.807) is 6.07 Å². The first-order chi connectivity index (χ1) is 23.1. The Morgan fingerprint density at radius 1 is 1.15 bits per heavy atom. The second-order valence-electron chi connectivity index (χ2n) is 11.8. The molecule has 0 saturated carbocycles. The maximum Gasteiger partial charge on any atom is 0.301 e. The van der Waals surface area contributed by atoms with Crippen LogP contribution in [0.5, 0.6) is 5.75 Å². The highest BCUT2D eigenvalue weighted by atomic mass is 19.3. The van der Waals surface area contributed by atoms with Crippen LogP contribution in [-0.2, 0) is 9.53 Å². The number of nitriles is 1. The maximum absolute atomic E-state index is 15.1. The minimum Gasteiger partial charge on any atom is -0.483 e. The summed E-state index contributed by atoms with van der Waals surface area (Å²) in [7, 11) is 0. The lowest BCUT2D eigenvalue weighted by Gasteiger charge is -2.43. The number of benzene rings is 2. The molecule has 1 aromatic heterocycles. The molecule has 1 unspecified atom stereocenters. The van der Waals surface area contributed by atoms with Gasteiger partial charge in [0.15, 0.2) is 17.8 Å². The molecule has 3 fully saturated rings. The highest BCUT2D eigenvalue weighted by molar-refractivity contribution is 6.38. The number of nitrogens with zero attached hydrogens (tertiary/aromatic N) is 8. The van der Waals surface area contributed by atoms with Gasteiger partial charge in [-0.15, -0.1) is 0 Å². The Morgan fingerprint density at radius 3 is 2.54 bits per heavy atom. The molecule has 48 heavy (non-hydrogen) atoms. The number of ether oxygens (including phenoxy) is 2. The van der Waals surface area contributed by atoms with Crippen molar-refractivity contribution in [1.29, 1.82) is 10.7 Å². The zero-order valence-electron chi connectivity index (χ0n) is 26.3. The van der Waals surface area contributed by atoms with Gasteiger partial charge in [0.2, 0.25) is 5.95 Å². The average Bonchev–Trinajstić information content (AvgIpc) is 3.05. The molecule has 14 nitrogen and oxygen atoms in total. The van der Waals surface area contributed by atoms with Crippen molar-refractivity contribution in [3.8, 4) is 23.2 Å². The van der Waals surface area contributed by atoms with Gasteiger partial charge in [0.1, 0.15) is 24.0 Å². The molecule has 6 rings (SSSR count). The molecule has 3 aromatic rings. The quantitative estimate of drug-likeness (QED) is 0.251. The molecule has 3 aliphatic rings. The number of alkyl halides is 2. The summed E-state index contributed by atoms with van der Waals surface area (Å²) in [4.78, 5) is 34.6. The predicted octanol–water partition coefficient (Wildman–Crippen LogP) is 2.64. The van der Waals surface area contributed by atoms with E-state index < -0.39 is 30.3 Å². The fourth-order valence-corrected chi connectivity index (χ4v) is 5.80. The number of carbonyl (C=O) groups is 1. The average molecular weight is 660 g/mol. The van der Waals surface area contributed by atoms with Gasteiger partial charge in [0.25, 0.3) is 5.91 Å². The number of halogens is 2. The minimum absolute atomic E-state index is 0.0204. The minimum atomic E-state index is -3.44. The van der Waals surface area contributed by atoms with Crippen molar-refractivity contribution in [1.82, 2.24) is 24.8 Å². The number of nitrogens with one attached hydrogen (secondary N) is 2. The third-order valence-electron chi connectivity index (χ3n) is 8.47. The number of rotatable bonds is 7. The smallest absolute Gasteiger partial charge is 0.301 e. The Kier molecular flexibility index (Phi) is 9.42. The van der Waals surface area contributed by atoms with E-state index in [0.717, 1.165) is 55.7 Å². The molecule has 0 aliphatic carbocycles. The molecule has 4 heterocycles. The Hall–Kier alpha value is -5.27. The van der Waals surface area contributed by atoms with Gasteiger partial charge < -0.3 is 30.3 Å². The van der Waals surface area contributed by atoms with E-state index in [-0.39, 0.29) is 35.9 Å². The highest BCUT2D eigenvalue weighted by Gasteiger charge is 2.48. The first-order valence-corrected chi connectivity index (χ1v) is 15.5. The number of hydrogen-bond acceptors (Lipinski definition) is 11. The Bertz CT molecular complexity index is 1740. The van der Waals surface area contributed by atoms with Crippen LogP contribution in [0.25, 0.3) is 11.4 Å². The topological polar surface area (TPSA) is 182 Å². The van der Waals surface area contributed by atoms with Crippen LogP contribution in [0.15, 0.2) is 53.8 Å². The number of amidine groups is 2. The Labute approximate surface area is 275 Å². The van der Waals surface area contributed by atoms with Gasteiger partial charge in [-0.3, -0.25) is 15.1 Å². The van der Waals surface area contributed by atoms with Crippen molar-refractivity contribution in [2.75, 3.05) is 62.7 Å². The number of carbonyl (C=O) groups excluding carboxylic acids is 1. The van der Waals surface area contributed by atoms with Crippen LogP contribution in [0.3, 0.4) is 0 Å². The summed E-state index contributed by atoms with van der Waals surface area (Å²) < 4.78 is 41.2. The molecule has 0 bridgehead atoms. The summed E-state index contributed by atoms with van der Waals surface area (Å²) in [6.45, 7) is 5.89. The van der Waals surface area contributed by atoms with Crippen molar-refractivity contribution in [3.05, 3.63) is 54.4 Å². The van der Waals surface area contributed by atoms with Gasteiger partial charge in [0.05, 0.1) is 31.4 Å². The molecule has 0 spiro atoms. The Morgan fingerprint density at radius 2 is 1.90 bits per heavy atom. The van der Waals surface area contributed by atoms with Crippen LogP contribution in [0.2, 0.25) is 0 Å². The molecule has 2 aromatic carbocycles. The molecule has 1 amide bonds. The van der Waals surface area contributed by atoms with Gasteiger partial charge >= 0.3 is 5.92 Å². The van der Waals surface area contributed by atoms with Gasteiger partial charge in [-0.1, -0.05) is 0 Å². The van der Waals surface area contributed by atoms with Crippen molar-refractivity contribution < 1.29 is 23.0 Å². The normalized spacial score (nSPS) is 20.0. The lowest BCUT2D eigenvalue weighted by Crippen LogP contribution is -2.57. The van der Waals surface area contributed by atoms with E-state index in [4.69, 9.17) is 20.6 Å². The van der Waals surface area contributed by atoms with Crippen molar-refractivity contribution >= 4 is 34.9 Å². The van der Waals surface area contributed by atoms with E-state index in [0.29, 0.717) is 17.6 Å². The van der Waals surface area contributed by atoms with E-state index in [1.165, 1.54) is 25.4 Å². The number of hydrogen-bond donors (Lipinski definition) is 3. The SMILES string of the molecule is CC(=N)/N=C(\N)C(=O)N1CCC(Oc2ccc(-c3ncnc(Nc4ccc(N5CCN(C6COC6)CC5)cc4)n3)cc2C#N)C(F)(F)C1. The highest BCUT2D eigenvalue weighted by Crippen LogP contribution is 2.34. The summed E-state index contributed by atoms with van der Waals surface area (Å²) in [5.41, 5.74) is 7.99. The molecular weight excluding hydrogens is 624 g/mol. The van der Waals surface area contributed by atoms with Crippen molar-refractivity contribution in [3.63, 3.8) is 0 Å². The van der Waals surface area contributed by atoms with Crippen molar-refractivity contribution in [2.45, 2.75) is 31.4 Å². The van der Waals surface area contributed by atoms with E-state index >= 15 is 8.78 Å². The lowest BCUT2D eigenvalue weighted by molar-refractivity contribution is -0.155. The third-order valence-corrected chi connectivity index (χ3v) is 8.47. The van der Waals surface area contributed by atoms with Gasteiger partial charge in [-0.25, -0.2) is 23.7 Å². The van der Waals surface area contributed by atoms with Crippen LogP contribution in [0.1, 0.15) is 18.9 Å². The predicted molar refractivity (Wildman–Crippen MR) is 174 cm³/mol. The lowest BCUT2D eigenvalue weighted by atomic mass is 10.0. The number of aliphatic imine (C=N–C) groups is 1. The molecule has 16 heteroatoms. The van der Waals surface area contributed by atoms with E-state index in [1.807, 2.05) is 18.2 Å². The van der Waals surface area contributed by atoms with E-state index in [9.17, 15) is 10.1 Å². The van der Waals surface area contributed by atoms with Gasteiger partial charge in [-0.2, -0.15) is 10.2 Å². The van der Waals surface area contributed by atoms with Gasteiger partial charge in [0, 0.05) is 56.1 Å². The number of anilines is 3. The zero-order valence-corrected chi connectivity index (χ0v) is 26.3.